The lowest BCUT2D eigenvalue weighted by atomic mass is 10.1. The first-order valence-corrected chi connectivity index (χ1v) is 7.35. The van der Waals surface area contributed by atoms with E-state index in [2.05, 4.69) is 10.1 Å². The molecular weight excluding hydrogens is 280 g/mol. The van der Waals surface area contributed by atoms with E-state index in [0.29, 0.717) is 10.9 Å². The minimum absolute atomic E-state index is 0.0999. The fraction of sp³-hybridized carbons (Fsp3) is 0.500. The van der Waals surface area contributed by atoms with Gasteiger partial charge in [0.15, 0.2) is 10.9 Å². The van der Waals surface area contributed by atoms with Gasteiger partial charge in [0.2, 0.25) is 0 Å². The van der Waals surface area contributed by atoms with Gasteiger partial charge in [0.25, 0.3) is 0 Å². The molecule has 0 aliphatic heterocycles. The molecule has 0 bridgehead atoms. The fourth-order valence-electron chi connectivity index (χ4n) is 2.25. The highest BCUT2D eigenvalue weighted by Crippen LogP contribution is 2.33. The number of pyridine rings is 1. The molecule has 8 heteroatoms. The van der Waals surface area contributed by atoms with Crippen molar-refractivity contribution in [3.8, 4) is 0 Å². The molecule has 20 heavy (non-hydrogen) atoms. The van der Waals surface area contributed by atoms with Gasteiger partial charge in [-0.15, -0.1) is 0 Å². The second-order valence-corrected chi connectivity index (χ2v) is 5.76. The molecule has 0 unspecified atom stereocenters. The number of hydrogen-bond acceptors (Lipinski definition) is 6. The Morgan fingerprint density at radius 2 is 2.30 bits per heavy atom. The molecule has 2 rings (SSSR count). The maximum absolute atomic E-state index is 11.1. The summed E-state index contributed by atoms with van der Waals surface area (Å²) in [5.74, 6) is 1.27. The van der Waals surface area contributed by atoms with E-state index >= 15 is 0 Å². The van der Waals surface area contributed by atoms with Crippen molar-refractivity contribution in [2.75, 3.05) is 5.75 Å². The van der Waals surface area contributed by atoms with Gasteiger partial charge in [-0.25, -0.2) is 4.98 Å². The average Bonchev–Trinajstić information content (AvgIpc) is 2.97. The lowest BCUT2D eigenvalue weighted by molar-refractivity contribution is -0.388. The van der Waals surface area contributed by atoms with Crippen molar-refractivity contribution < 1.29 is 10.1 Å². The highest BCUT2D eigenvalue weighted by molar-refractivity contribution is 7.99. The van der Waals surface area contributed by atoms with Gasteiger partial charge in [0, 0.05) is 23.6 Å². The summed E-state index contributed by atoms with van der Waals surface area (Å²) >= 11 is 1.40. The molecule has 0 spiro atoms. The Kier molecular flexibility index (Phi) is 4.78. The summed E-state index contributed by atoms with van der Waals surface area (Å²) in [6.45, 7) is 0. The lowest BCUT2D eigenvalue weighted by Gasteiger charge is -2.08. The number of oxime groups is 1. The standard InChI is InChI=1S/C12H16N4O3S/c13-11(15-17)9-5-10(16(18)19)12(14-6-9)20-7-8-3-1-2-4-8/h5-6,8,17H,1-4,7H2,(H2,13,15). The largest absolute Gasteiger partial charge is 0.409 e. The zero-order chi connectivity index (χ0) is 14.5. The maximum atomic E-state index is 11.1. The molecule has 0 saturated heterocycles. The Hall–Kier alpha value is -1.83. The first kappa shape index (κ1) is 14.6. The average molecular weight is 296 g/mol. The molecule has 3 N–H and O–H groups in total. The summed E-state index contributed by atoms with van der Waals surface area (Å²) in [6, 6.07) is 1.29. The van der Waals surface area contributed by atoms with Gasteiger partial charge in [0.1, 0.15) is 0 Å². The molecule has 1 aromatic rings. The molecular formula is C12H16N4O3S. The van der Waals surface area contributed by atoms with Crippen LogP contribution in [0.15, 0.2) is 22.4 Å². The van der Waals surface area contributed by atoms with Crippen LogP contribution in [0.1, 0.15) is 31.2 Å². The first-order valence-electron chi connectivity index (χ1n) is 6.37. The van der Waals surface area contributed by atoms with E-state index in [1.54, 1.807) is 0 Å². The molecule has 7 nitrogen and oxygen atoms in total. The number of nitrogens with zero attached hydrogens (tertiary/aromatic N) is 3. The number of rotatable bonds is 5. The molecule has 1 fully saturated rings. The fourth-order valence-corrected chi connectivity index (χ4v) is 3.39. The van der Waals surface area contributed by atoms with Gasteiger partial charge in [-0.3, -0.25) is 10.1 Å². The van der Waals surface area contributed by atoms with Gasteiger partial charge >= 0.3 is 5.69 Å². The predicted molar refractivity (Wildman–Crippen MR) is 76.1 cm³/mol. The van der Waals surface area contributed by atoms with Crippen molar-refractivity contribution in [2.45, 2.75) is 30.7 Å². The van der Waals surface area contributed by atoms with Crippen molar-refractivity contribution in [1.29, 1.82) is 0 Å². The van der Waals surface area contributed by atoms with E-state index in [9.17, 15) is 10.1 Å². The molecule has 1 saturated carbocycles. The SMILES string of the molecule is NC(=NO)c1cnc(SCC2CCCC2)c([N+](=O)[O-])c1. The van der Waals surface area contributed by atoms with E-state index in [1.165, 1.54) is 49.7 Å². The zero-order valence-electron chi connectivity index (χ0n) is 10.9. The van der Waals surface area contributed by atoms with Gasteiger partial charge in [0.05, 0.1) is 4.92 Å². The van der Waals surface area contributed by atoms with Crippen molar-refractivity contribution in [3.63, 3.8) is 0 Å². The topological polar surface area (TPSA) is 115 Å². The Balaban J connectivity index is 2.16. The van der Waals surface area contributed by atoms with Crippen LogP contribution in [0, 0.1) is 16.0 Å². The molecule has 1 aliphatic carbocycles. The molecule has 0 atom stereocenters. The monoisotopic (exact) mass is 296 g/mol. The van der Waals surface area contributed by atoms with Crippen molar-refractivity contribution in [1.82, 2.24) is 4.98 Å². The predicted octanol–water partition coefficient (Wildman–Crippen LogP) is 2.37. The number of aromatic nitrogens is 1. The van der Waals surface area contributed by atoms with Crippen molar-refractivity contribution >= 4 is 23.3 Å². The van der Waals surface area contributed by atoms with Crippen LogP contribution < -0.4 is 5.73 Å². The van der Waals surface area contributed by atoms with Crippen LogP contribution in [0.2, 0.25) is 0 Å². The second kappa shape index (κ2) is 6.56. The Bertz CT molecular complexity index is 529. The normalized spacial score (nSPS) is 16.5. The summed E-state index contributed by atoms with van der Waals surface area (Å²) in [4.78, 5) is 14.7. The third kappa shape index (κ3) is 3.38. The quantitative estimate of drug-likeness (QED) is 0.215. The van der Waals surface area contributed by atoms with Crippen molar-refractivity contribution in [3.05, 3.63) is 27.9 Å². The number of amidine groups is 1. The zero-order valence-corrected chi connectivity index (χ0v) is 11.7. The van der Waals surface area contributed by atoms with Crippen LogP contribution in [0.5, 0.6) is 0 Å². The number of hydrogen-bond donors (Lipinski definition) is 2. The highest BCUT2D eigenvalue weighted by atomic mass is 32.2. The molecule has 1 heterocycles. The van der Waals surface area contributed by atoms with E-state index in [-0.39, 0.29) is 17.1 Å². The van der Waals surface area contributed by atoms with Gasteiger partial charge in [-0.2, -0.15) is 0 Å². The number of thioether (sulfide) groups is 1. The Labute approximate surface area is 120 Å². The molecule has 1 aliphatic rings. The number of nitrogens with two attached hydrogens (primary N) is 1. The van der Waals surface area contributed by atoms with Crippen LogP contribution in [-0.4, -0.2) is 26.7 Å². The van der Waals surface area contributed by atoms with Gasteiger partial charge < -0.3 is 10.9 Å². The molecule has 0 aromatic carbocycles. The van der Waals surface area contributed by atoms with Crippen molar-refractivity contribution in [2.24, 2.45) is 16.8 Å². The molecule has 108 valence electrons. The van der Waals surface area contributed by atoms with E-state index in [4.69, 9.17) is 10.9 Å². The minimum Gasteiger partial charge on any atom is -0.409 e. The number of nitro groups is 1. The van der Waals surface area contributed by atoms with Gasteiger partial charge in [-0.1, -0.05) is 29.8 Å². The molecule has 1 aromatic heterocycles. The summed E-state index contributed by atoms with van der Waals surface area (Å²) in [7, 11) is 0. The first-order chi connectivity index (χ1) is 9.61. The second-order valence-electron chi connectivity index (χ2n) is 4.75. The van der Waals surface area contributed by atoms with Crippen LogP contribution >= 0.6 is 11.8 Å². The van der Waals surface area contributed by atoms with Gasteiger partial charge in [-0.05, 0) is 18.8 Å². The third-order valence-corrected chi connectivity index (χ3v) is 4.59. The maximum Gasteiger partial charge on any atom is 0.302 e. The van der Waals surface area contributed by atoms with Crippen LogP contribution in [0.3, 0.4) is 0 Å². The van der Waals surface area contributed by atoms with E-state index in [1.807, 2.05) is 0 Å². The van der Waals surface area contributed by atoms with E-state index < -0.39 is 4.92 Å². The lowest BCUT2D eigenvalue weighted by Crippen LogP contribution is -2.14. The highest BCUT2D eigenvalue weighted by Gasteiger charge is 2.21. The third-order valence-electron chi connectivity index (χ3n) is 3.36. The van der Waals surface area contributed by atoms with E-state index in [0.717, 1.165) is 5.75 Å². The minimum atomic E-state index is -0.488. The summed E-state index contributed by atoms with van der Waals surface area (Å²) in [6.07, 6.45) is 6.23. The summed E-state index contributed by atoms with van der Waals surface area (Å²) < 4.78 is 0. The van der Waals surface area contributed by atoms with Crippen LogP contribution in [-0.2, 0) is 0 Å². The summed E-state index contributed by atoms with van der Waals surface area (Å²) in [5, 5.41) is 22.9. The summed E-state index contributed by atoms with van der Waals surface area (Å²) in [5.41, 5.74) is 5.56. The van der Waals surface area contributed by atoms with Crippen LogP contribution in [0.25, 0.3) is 0 Å². The Morgan fingerprint density at radius 3 is 2.90 bits per heavy atom. The molecule has 0 radical (unpaired) electrons. The smallest absolute Gasteiger partial charge is 0.302 e. The van der Waals surface area contributed by atoms with Crippen LogP contribution in [0.4, 0.5) is 5.69 Å². The molecule has 0 amide bonds. The Morgan fingerprint density at radius 1 is 1.60 bits per heavy atom.